The van der Waals surface area contributed by atoms with E-state index in [2.05, 4.69) is 16.3 Å². The molecule has 1 N–H and O–H groups in total. The van der Waals surface area contributed by atoms with E-state index in [0.29, 0.717) is 6.54 Å². The standard InChI is InChI=1S/C22H25N3O2S/c1-28-18-8-6-7-17(14-18)25-15-16(13-21(25)26)22(27)23-19-9-2-3-10-20(19)24-11-4-5-12-24/h2-3,6-10,14,16H,4-5,11-13,15H2,1H3,(H,23,27)/t16-/m1/s1. The molecule has 2 fully saturated rings. The van der Waals surface area contributed by atoms with Crippen molar-refractivity contribution >= 4 is 40.6 Å². The minimum Gasteiger partial charge on any atom is -0.370 e. The number of rotatable bonds is 5. The van der Waals surface area contributed by atoms with Crippen molar-refractivity contribution in [2.75, 3.05) is 41.0 Å². The Morgan fingerprint density at radius 2 is 1.89 bits per heavy atom. The van der Waals surface area contributed by atoms with Gasteiger partial charge in [-0.1, -0.05) is 18.2 Å². The van der Waals surface area contributed by atoms with Gasteiger partial charge in [0.2, 0.25) is 11.8 Å². The van der Waals surface area contributed by atoms with Crippen LogP contribution >= 0.6 is 11.8 Å². The van der Waals surface area contributed by atoms with Crippen molar-refractivity contribution in [1.29, 1.82) is 0 Å². The zero-order chi connectivity index (χ0) is 19.5. The molecule has 2 aliphatic rings. The first-order valence-electron chi connectivity index (χ1n) is 9.75. The van der Waals surface area contributed by atoms with Crippen LogP contribution < -0.4 is 15.1 Å². The summed E-state index contributed by atoms with van der Waals surface area (Å²) in [7, 11) is 0. The van der Waals surface area contributed by atoms with Gasteiger partial charge in [0.05, 0.1) is 17.3 Å². The second kappa shape index (κ2) is 8.27. The summed E-state index contributed by atoms with van der Waals surface area (Å²) in [5, 5.41) is 3.08. The lowest BCUT2D eigenvalue weighted by Crippen LogP contribution is -2.29. The molecule has 4 rings (SSSR count). The van der Waals surface area contributed by atoms with Crippen LogP contribution in [-0.2, 0) is 9.59 Å². The molecule has 0 saturated carbocycles. The quantitative estimate of drug-likeness (QED) is 0.778. The van der Waals surface area contributed by atoms with E-state index in [4.69, 9.17) is 0 Å². The highest BCUT2D eigenvalue weighted by Gasteiger charge is 2.35. The predicted octanol–water partition coefficient (Wildman–Crippen LogP) is 4.00. The maximum absolute atomic E-state index is 12.9. The summed E-state index contributed by atoms with van der Waals surface area (Å²) < 4.78 is 0. The second-order valence-corrected chi connectivity index (χ2v) is 8.19. The van der Waals surface area contributed by atoms with Gasteiger partial charge >= 0.3 is 0 Å². The summed E-state index contributed by atoms with van der Waals surface area (Å²) in [6, 6.07) is 15.9. The molecule has 0 radical (unpaired) electrons. The third-order valence-electron chi connectivity index (χ3n) is 5.47. The lowest BCUT2D eigenvalue weighted by molar-refractivity contribution is -0.122. The molecule has 0 aromatic heterocycles. The molecule has 6 heteroatoms. The average molecular weight is 396 g/mol. The average Bonchev–Trinajstić information content (AvgIpc) is 3.38. The number of thioether (sulfide) groups is 1. The van der Waals surface area contributed by atoms with Gasteiger partial charge in [-0.05, 0) is 49.4 Å². The number of nitrogens with zero attached hydrogens (tertiary/aromatic N) is 2. The van der Waals surface area contributed by atoms with E-state index in [9.17, 15) is 9.59 Å². The minimum absolute atomic E-state index is 0.00577. The molecule has 146 valence electrons. The second-order valence-electron chi connectivity index (χ2n) is 7.31. The van der Waals surface area contributed by atoms with Gasteiger partial charge in [0.1, 0.15) is 0 Å². The molecule has 2 aromatic carbocycles. The summed E-state index contributed by atoms with van der Waals surface area (Å²) >= 11 is 1.64. The first kappa shape index (κ1) is 18.9. The topological polar surface area (TPSA) is 52.7 Å². The van der Waals surface area contributed by atoms with Crippen molar-refractivity contribution in [3.63, 3.8) is 0 Å². The minimum atomic E-state index is -0.336. The highest BCUT2D eigenvalue weighted by molar-refractivity contribution is 7.98. The number of carbonyl (C=O) groups excluding carboxylic acids is 2. The van der Waals surface area contributed by atoms with Crippen molar-refractivity contribution in [3.05, 3.63) is 48.5 Å². The summed E-state index contributed by atoms with van der Waals surface area (Å²) in [4.78, 5) is 30.6. The van der Waals surface area contributed by atoms with E-state index in [1.807, 2.05) is 48.7 Å². The first-order valence-corrected chi connectivity index (χ1v) is 11.0. The van der Waals surface area contributed by atoms with Gasteiger partial charge in [-0.25, -0.2) is 0 Å². The Morgan fingerprint density at radius 1 is 1.11 bits per heavy atom. The number of carbonyl (C=O) groups is 2. The van der Waals surface area contributed by atoms with Crippen molar-refractivity contribution in [2.24, 2.45) is 5.92 Å². The third kappa shape index (κ3) is 3.87. The number of para-hydroxylation sites is 2. The van der Waals surface area contributed by atoms with Crippen molar-refractivity contribution in [3.8, 4) is 0 Å². The number of hydrogen-bond acceptors (Lipinski definition) is 4. The molecule has 0 aliphatic carbocycles. The van der Waals surface area contributed by atoms with E-state index >= 15 is 0 Å². The number of amides is 2. The van der Waals surface area contributed by atoms with Gasteiger partial charge in [-0.15, -0.1) is 11.8 Å². The zero-order valence-corrected chi connectivity index (χ0v) is 16.9. The van der Waals surface area contributed by atoms with E-state index in [-0.39, 0.29) is 24.2 Å². The maximum Gasteiger partial charge on any atom is 0.229 e. The smallest absolute Gasteiger partial charge is 0.229 e. The molecule has 1 atom stereocenters. The normalized spacial score (nSPS) is 19.3. The Kier molecular flexibility index (Phi) is 5.57. The van der Waals surface area contributed by atoms with Gasteiger partial charge in [-0.3, -0.25) is 9.59 Å². The number of hydrogen-bond donors (Lipinski definition) is 1. The van der Waals surface area contributed by atoms with Gasteiger partial charge in [0.25, 0.3) is 0 Å². The maximum atomic E-state index is 12.9. The van der Waals surface area contributed by atoms with E-state index in [1.165, 1.54) is 12.8 Å². The summed E-state index contributed by atoms with van der Waals surface area (Å²) in [6.07, 6.45) is 4.63. The fourth-order valence-corrected chi connectivity index (χ4v) is 4.41. The van der Waals surface area contributed by atoms with Crippen LogP contribution in [0.4, 0.5) is 17.1 Å². The molecule has 5 nitrogen and oxygen atoms in total. The SMILES string of the molecule is CSc1cccc(N2C[C@H](C(=O)Nc3ccccc3N3CCCC3)CC2=O)c1. The lowest BCUT2D eigenvalue weighted by atomic mass is 10.1. The fourth-order valence-electron chi connectivity index (χ4n) is 3.96. The Balaban J connectivity index is 1.47. The Morgan fingerprint density at radius 3 is 2.68 bits per heavy atom. The summed E-state index contributed by atoms with van der Waals surface area (Å²) in [5.74, 6) is -0.410. The Labute approximate surface area is 170 Å². The van der Waals surface area contributed by atoms with E-state index in [1.54, 1.807) is 16.7 Å². The van der Waals surface area contributed by atoms with Crippen LogP contribution in [0.5, 0.6) is 0 Å². The lowest BCUT2D eigenvalue weighted by Gasteiger charge is -2.22. The van der Waals surface area contributed by atoms with Crippen molar-refractivity contribution in [1.82, 2.24) is 0 Å². The molecule has 2 amide bonds. The van der Waals surface area contributed by atoms with Crippen molar-refractivity contribution in [2.45, 2.75) is 24.2 Å². The number of nitrogens with one attached hydrogen (secondary N) is 1. The molecule has 2 aliphatic heterocycles. The molecule has 0 unspecified atom stereocenters. The molecular weight excluding hydrogens is 370 g/mol. The van der Waals surface area contributed by atoms with Crippen LogP contribution in [0.1, 0.15) is 19.3 Å². The van der Waals surface area contributed by atoms with E-state index < -0.39 is 0 Å². The predicted molar refractivity (Wildman–Crippen MR) is 115 cm³/mol. The molecule has 0 spiro atoms. The third-order valence-corrected chi connectivity index (χ3v) is 6.19. The Bertz CT molecular complexity index is 880. The van der Waals surface area contributed by atoms with Crippen LogP contribution in [0.15, 0.2) is 53.4 Å². The van der Waals surface area contributed by atoms with Crippen LogP contribution in [-0.4, -0.2) is 37.7 Å². The van der Waals surface area contributed by atoms with Crippen molar-refractivity contribution < 1.29 is 9.59 Å². The van der Waals surface area contributed by atoms with Crippen LogP contribution in [0.25, 0.3) is 0 Å². The summed E-state index contributed by atoms with van der Waals surface area (Å²) in [6.45, 7) is 2.47. The van der Waals surface area contributed by atoms with Gasteiger partial charge in [0.15, 0.2) is 0 Å². The highest BCUT2D eigenvalue weighted by atomic mass is 32.2. The fraction of sp³-hybridized carbons (Fsp3) is 0.364. The molecule has 2 heterocycles. The van der Waals surface area contributed by atoms with Gasteiger partial charge in [-0.2, -0.15) is 0 Å². The zero-order valence-electron chi connectivity index (χ0n) is 16.1. The van der Waals surface area contributed by atoms with E-state index in [0.717, 1.165) is 35.0 Å². The largest absolute Gasteiger partial charge is 0.370 e. The number of benzene rings is 2. The monoisotopic (exact) mass is 395 g/mol. The molecule has 0 bridgehead atoms. The number of anilines is 3. The van der Waals surface area contributed by atoms with Gasteiger partial charge in [0, 0.05) is 36.6 Å². The molecule has 28 heavy (non-hydrogen) atoms. The molecule has 2 saturated heterocycles. The van der Waals surface area contributed by atoms with Crippen LogP contribution in [0, 0.1) is 5.92 Å². The molecule has 2 aromatic rings. The first-order chi connectivity index (χ1) is 13.7. The Hall–Kier alpha value is -2.47. The van der Waals surface area contributed by atoms with Crippen LogP contribution in [0.3, 0.4) is 0 Å². The van der Waals surface area contributed by atoms with Gasteiger partial charge < -0.3 is 15.1 Å². The summed E-state index contributed by atoms with van der Waals surface area (Å²) in [5.41, 5.74) is 2.77. The molecular formula is C22H25N3O2S. The highest BCUT2D eigenvalue weighted by Crippen LogP contribution is 2.31. The van der Waals surface area contributed by atoms with Crippen LogP contribution in [0.2, 0.25) is 0 Å².